The van der Waals surface area contributed by atoms with Gasteiger partial charge >= 0.3 is 0 Å². The molecule has 21 heavy (non-hydrogen) atoms. The third kappa shape index (κ3) is 4.20. The van der Waals surface area contributed by atoms with Crippen molar-refractivity contribution in [3.63, 3.8) is 0 Å². The van der Waals surface area contributed by atoms with E-state index in [1.807, 2.05) is 4.90 Å². The van der Waals surface area contributed by atoms with E-state index in [2.05, 4.69) is 10.6 Å². The number of hydrogen-bond donors (Lipinski definition) is 3. The zero-order chi connectivity index (χ0) is 15.2. The molecule has 1 fully saturated rings. The minimum atomic E-state index is -0.448. The van der Waals surface area contributed by atoms with E-state index in [-0.39, 0.29) is 5.03 Å². The van der Waals surface area contributed by atoms with Crippen molar-refractivity contribution in [2.45, 2.75) is 0 Å². The molecule has 1 aliphatic heterocycles. The molecule has 2 rings (SSSR count). The van der Waals surface area contributed by atoms with Gasteiger partial charge in [-0.25, -0.2) is 0 Å². The summed E-state index contributed by atoms with van der Waals surface area (Å²) in [5.74, 6) is -0.448. The summed E-state index contributed by atoms with van der Waals surface area (Å²) < 4.78 is 0. The van der Waals surface area contributed by atoms with E-state index in [9.17, 15) is 4.79 Å². The van der Waals surface area contributed by atoms with Crippen LogP contribution in [-0.2, 0) is 4.79 Å². The minimum absolute atomic E-state index is 0.00637. The van der Waals surface area contributed by atoms with E-state index in [0.717, 1.165) is 19.3 Å². The normalized spacial score (nSPS) is 16.2. The maximum absolute atomic E-state index is 12.2. The Balaban J connectivity index is 2.15. The zero-order valence-electron chi connectivity index (χ0n) is 11.3. The third-order valence-electron chi connectivity index (χ3n) is 3.10. The van der Waals surface area contributed by atoms with Crippen LogP contribution in [0.2, 0.25) is 5.02 Å². The van der Waals surface area contributed by atoms with Gasteiger partial charge in [0, 0.05) is 43.1 Å². The highest BCUT2D eigenvalue weighted by Gasteiger charge is 2.19. The Morgan fingerprint density at radius 2 is 2.10 bits per heavy atom. The first-order valence-electron chi connectivity index (χ1n) is 6.54. The first-order valence-corrected chi connectivity index (χ1v) is 7.30. The zero-order valence-corrected chi connectivity index (χ0v) is 12.8. The van der Waals surface area contributed by atoms with Gasteiger partial charge in [-0.2, -0.15) is 0 Å². The van der Waals surface area contributed by atoms with Gasteiger partial charge in [0.05, 0.1) is 5.70 Å². The molecule has 0 aliphatic carbocycles. The summed E-state index contributed by atoms with van der Waals surface area (Å²) in [5.41, 5.74) is 0.994. The van der Waals surface area contributed by atoms with Crippen LogP contribution in [0.4, 0.5) is 5.69 Å². The summed E-state index contributed by atoms with van der Waals surface area (Å²) in [6.07, 6.45) is 1.12. The Morgan fingerprint density at radius 1 is 1.38 bits per heavy atom. The molecule has 1 saturated heterocycles. The Labute approximate surface area is 133 Å². The van der Waals surface area contributed by atoms with E-state index in [1.165, 1.54) is 0 Å². The van der Waals surface area contributed by atoms with Gasteiger partial charge in [0.1, 0.15) is 5.03 Å². The van der Waals surface area contributed by atoms with E-state index in [1.54, 1.807) is 24.3 Å². The molecule has 0 bridgehead atoms. The van der Waals surface area contributed by atoms with Crippen molar-refractivity contribution in [2.24, 2.45) is 0 Å². The fourth-order valence-electron chi connectivity index (χ4n) is 2.07. The van der Waals surface area contributed by atoms with Crippen LogP contribution in [0.5, 0.6) is 0 Å². The van der Waals surface area contributed by atoms with Crippen LogP contribution in [0.15, 0.2) is 35.0 Å². The van der Waals surface area contributed by atoms with Gasteiger partial charge in [-0.1, -0.05) is 29.3 Å². The highest BCUT2D eigenvalue weighted by atomic mass is 35.5. The molecule has 5 nitrogen and oxygen atoms in total. The van der Waals surface area contributed by atoms with Crippen molar-refractivity contribution in [2.75, 3.05) is 31.5 Å². The molecule has 112 valence electrons. The highest BCUT2D eigenvalue weighted by Crippen LogP contribution is 2.19. The molecule has 0 radical (unpaired) electrons. The summed E-state index contributed by atoms with van der Waals surface area (Å²) in [5, 5.41) is 13.9. The Morgan fingerprint density at radius 3 is 2.71 bits per heavy atom. The molecule has 3 N–H and O–H groups in total. The number of halogens is 2. The number of nitrogens with one attached hydrogen (secondary N) is 3. The fourth-order valence-corrected chi connectivity index (χ4v) is 2.48. The second-order valence-electron chi connectivity index (χ2n) is 4.55. The highest BCUT2D eigenvalue weighted by molar-refractivity contribution is 6.45. The van der Waals surface area contributed by atoms with Crippen LogP contribution in [-0.4, -0.2) is 43.2 Å². The van der Waals surface area contributed by atoms with Crippen LogP contribution in [0, 0.1) is 5.41 Å². The molecule has 1 heterocycles. The predicted molar refractivity (Wildman–Crippen MR) is 86.2 cm³/mol. The molecule has 0 saturated carbocycles. The van der Waals surface area contributed by atoms with Crippen LogP contribution in [0.1, 0.15) is 0 Å². The van der Waals surface area contributed by atoms with Crippen molar-refractivity contribution in [3.05, 3.63) is 40.0 Å². The fraction of sp³-hybridized carbons (Fsp3) is 0.286. The second-order valence-corrected chi connectivity index (χ2v) is 5.36. The molecule has 0 atom stereocenters. The Hall–Kier alpha value is -1.56. The number of nitrogens with zero attached hydrogens (tertiary/aromatic N) is 1. The van der Waals surface area contributed by atoms with E-state index < -0.39 is 5.91 Å². The molecule has 1 aromatic carbocycles. The number of rotatable bonds is 4. The summed E-state index contributed by atoms with van der Waals surface area (Å²) in [4.78, 5) is 14.1. The van der Waals surface area contributed by atoms with E-state index in [4.69, 9.17) is 28.6 Å². The van der Waals surface area contributed by atoms with Crippen molar-refractivity contribution in [1.82, 2.24) is 10.2 Å². The Kier molecular flexibility index (Phi) is 5.61. The number of carbonyl (C=O) groups excluding carboxylic acids is 1. The number of anilines is 1. The lowest BCUT2D eigenvalue weighted by Gasteiger charge is -2.30. The lowest BCUT2D eigenvalue weighted by atomic mass is 10.2. The summed E-state index contributed by atoms with van der Waals surface area (Å²) in [6, 6.07) is 6.82. The van der Waals surface area contributed by atoms with Crippen molar-refractivity contribution in [1.29, 1.82) is 5.41 Å². The number of amides is 1. The van der Waals surface area contributed by atoms with Gasteiger partial charge in [0.15, 0.2) is 0 Å². The molecule has 1 aliphatic rings. The summed E-state index contributed by atoms with van der Waals surface area (Å²) in [6.45, 7) is 3.03. The molecule has 0 spiro atoms. The second kappa shape index (κ2) is 7.45. The van der Waals surface area contributed by atoms with E-state index in [0.29, 0.717) is 29.5 Å². The lowest BCUT2D eigenvalue weighted by molar-refractivity contribution is -0.112. The first-order chi connectivity index (χ1) is 10.1. The average molecular weight is 327 g/mol. The number of hydrogen-bond acceptors (Lipinski definition) is 4. The first kappa shape index (κ1) is 15.8. The molecule has 0 unspecified atom stereocenters. The molecular weight excluding hydrogens is 311 g/mol. The van der Waals surface area contributed by atoms with Crippen molar-refractivity contribution in [3.8, 4) is 0 Å². The monoisotopic (exact) mass is 326 g/mol. The third-order valence-corrected chi connectivity index (χ3v) is 3.70. The van der Waals surface area contributed by atoms with Gasteiger partial charge in [0.2, 0.25) is 0 Å². The maximum Gasteiger partial charge on any atom is 0.269 e. The maximum atomic E-state index is 12.2. The van der Waals surface area contributed by atoms with Crippen molar-refractivity contribution < 1.29 is 4.79 Å². The van der Waals surface area contributed by atoms with Gasteiger partial charge in [-0.3, -0.25) is 4.79 Å². The van der Waals surface area contributed by atoms with Crippen LogP contribution >= 0.6 is 23.2 Å². The number of piperazine rings is 1. The number of carbonyl (C=O) groups is 1. The standard InChI is InChI=1S/C14H16Cl2N4O/c15-10-2-1-3-11(8-10)19-14(21)13(16)12(9-17)20-6-4-18-5-7-20/h1-3,8-9,17-18H,4-7H2,(H,19,21). The van der Waals surface area contributed by atoms with Gasteiger partial charge in [0.25, 0.3) is 5.91 Å². The largest absolute Gasteiger partial charge is 0.366 e. The van der Waals surface area contributed by atoms with Gasteiger partial charge in [-0.15, -0.1) is 0 Å². The number of allylic oxidation sites excluding steroid dienone is 1. The molecule has 7 heteroatoms. The smallest absolute Gasteiger partial charge is 0.269 e. The van der Waals surface area contributed by atoms with Crippen LogP contribution in [0.3, 0.4) is 0 Å². The topological polar surface area (TPSA) is 68.2 Å². The average Bonchev–Trinajstić information content (AvgIpc) is 2.49. The number of benzene rings is 1. The van der Waals surface area contributed by atoms with Crippen LogP contribution < -0.4 is 10.6 Å². The molecular formula is C14H16Cl2N4O. The SMILES string of the molecule is N=CC(=C(Cl)C(=O)Nc1cccc(Cl)c1)N1CCNCC1. The predicted octanol–water partition coefficient (Wildman–Crippen LogP) is 2.28. The van der Waals surface area contributed by atoms with E-state index >= 15 is 0 Å². The van der Waals surface area contributed by atoms with Gasteiger partial charge < -0.3 is 20.9 Å². The molecule has 1 aromatic rings. The Bertz CT molecular complexity index is 568. The summed E-state index contributed by atoms with van der Waals surface area (Å²) in [7, 11) is 0. The lowest BCUT2D eigenvalue weighted by Crippen LogP contribution is -2.43. The minimum Gasteiger partial charge on any atom is -0.366 e. The quantitative estimate of drug-likeness (QED) is 0.587. The van der Waals surface area contributed by atoms with Crippen molar-refractivity contribution >= 4 is 41.0 Å². The van der Waals surface area contributed by atoms with Gasteiger partial charge in [-0.05, 0) is 18.2 Å². The van der Waals surface area contributed by atoms with Crippen LogP contribution in [0.25, 0.3) is 0 Å². The molecule has 0 aromatic heterocycles. The molecule has 1 amide bonds. The summed E-state index contributed by atoms with van der Waals surface area (Å²) >= 11 is 12.0.